The first-order valence-corrected chi connectivity index (χ1v) is 13.4. The van der Waals surface area contributed by atoms with Crippen molar-refractivity contribution in [1.82, 2.24) is 0 Å². The molecule has 1 aromatic carbocycles. The van der Waals surface area contributed by atoms with Crippen LogP contribution in [0, 0.1) is 17.8 Å². The van der Waals surface area contributed by atoms with Gasteiger partial charge in [0.15, 0.2) is 0 Å². The molecule has 3 atom stereocenters. The molecule has 0 spiro atoms. The smallest absolute Gasteiger partial charge is 0.00182 e. The lowest BCUT2D eigenvalue weighted by Gasteiger charge is -2.23. The molecule has 0 aromatic heterocycles. The van der Waals surface area contributed by atoms with Crippen LogP contribution in [0.3, 0.4) is 0 Å². The van der Waals surface area contributed by atoms with Crippen LogP contribution < -0.4 is 0 Å². The van der Waals surface area contributed by atoms with Crippen LogP contribution in [0.2, 0.25) is 0 Å². The predicted molar refractivity (Wildman–Crippen MR) is 146 cm³/mol. The summed E-state index contributed by atoms with van der Waals surface area (Å²) in [5.41, 5.74) is 5.88. The van der Waals surface area contributed by atoms with E-state index in [2.05, 4.69) is 90.1 Å². The maximum Gasteiger partial charge on any atom is 0.00182 e. The zero-order valence-corrected chi connectivity index (χ0v) is 22.6. The van der Waals surface area contributed by atoms with Crippen LogP contribution >= 0.6 is 0 Å². The highest BCUT2D eigenvalue weighted by molar-refractivity contribution is 5.29. The van der Waals surface area contributed by atoms with Crippen LogP contribution in [-0.4, -0.2) is 0 Å². The fraction of sp³-hybridized carbons (Fsp3) is 0.625. The zero-order valence-electron chi connectivity index (χ0n) is 22.6. The fourth-order valence-corrected chi connectivity index (χ4v) is 4.31. The van der Waals surface area contributed by atoms with Gasteiger partial charge in [-0.15, -0.1) is 0 Å². The van der Waals surface area contributed by atoms with Gasteiger partial charge in [0.2, 0.25) is 0 Å². The highest BCUT2D eigenvalue weighted by Gasteiger charge is 2.17. The summed E-state index contributed by atoms with van der Waals surface area (Å²) in [5.74, 6) is 3.04. The van der Waals surface area contributed by atoms with Crippen LogP contribution in [-0.2, 0) is 6.42 Å². The minimum atomic E-state index is 0.613. The molecule has 0 aliphatic heterocycles. The Balaban J connectivity index is 0.00000249. The standard InChI is InChI=1S/C30H46.C2H6/c1-23(2)7-9-25(5)11-13-27-15-19-29(20-16-27)30-21-17-28(18-22-30)14-12-26(6)10-8-24(3)4;1-2/h7,9,15,17-19,21-22,24,26-27,29H,8,10-14,16,20H2,1-6H3;1-2H3/b25-9+;. The van der Waals surface area contributed by atoms with Crippen LogP contribution in [0.15, 0.2) is 59.7 Å². The van der Waals surface area contributed by atoms with E-state index in [1.54, 1.807) is 0 Å². The van der Waals surface area contributed by atoms with Gasteiger partial charge in [0, 0.05) is 5.92 Å². The van der Waals surface area contributed by atoms with E-state index in [0.29, 0.717) is 5.92 Å². The van der Waals surface area contributed by atoms with E-state index in [-0.39, 0.29) is 0 Å². The van der Waals surface area contributed by atoms with E-state index in [0.717, 1.165) is 17.8 Å². The van der Waals surface area contributed by atoms with Crippen molar-refractivity contribution < 1.29 is 0 Å². The Hall–Kier alpha value is -1.56. The van der Waals surface area contributed by atoms with Gasteiger partial charge < -0.3 is 0 Å². The second-order valence-corrected chi connectivity index (χ2v) is 10.5. The molecule has 0 nitrogen and oxygen atoms in total. The normalized spacial score (nSPS) is 19.3. The third-order valence-electron chi connectivity index (χ3n) is 6.65. The highest BCUT2D eigenvalue weighted by atomic mass is 14.2. The Kier molecular flexibility index (Phi) is 14.3. The van der Waals surface area contributed by atoms with Crippen molar-refractivity contribution in [2.75, 3.05) is 0 Å². The van der Waals surface area contributed by atoms with Gasteiger partial charge in [-0.25, -0.2) is 0 Å². The van der Waals surface area contributed by atoms with Gasteiger partial charge in [-0.2, -0.15) is 0 Å². The minimum Gasteiger partial charge on any atom is -0.0848 e. The summed E-state index contributed by atoms with van der Waals surface area (Å²) in [4.78, 5) is 0. The molecule has 1 aliphatic rings. The quantitative estimate of drug-likeness (QED) is 0.239. The monoisotopic (exact) mass is 436 g/mol. The third kappa shape index (κ3) is 11.9. The molecular formula is C32H52. The molecular weight excluding hydrogens is 384 g/mol. The molecule has 3 unspecified atom stereocenters. The fourth-order valence-electron chi connectivity index (χ4n) is 4.31. The molecule has 0 amide bonds. The summed E-state index contributed by atoms with van der Waals surface area (Å²) in [7, 11) is 0. The zero-order chi connectivity index (χ0) is 23.9. The van der Waals surface area contributed by atoms with Gasteiger partial charge >= 0.3 is 0 Å². The van der Waals surface area contributed by atoms with Crippen molar-refractivity contribution in [3.8, 4) is 0 Å². The van der Waals surface area contributed by atoms with E-state index in [4.69, 9.17) is 0 Å². The lowest BCUT2D eigenvalue weighted by atomic mass is 9.82. The maximum atomic E-state index is 2.49. The van der Waals surface area contributed by atoms with Gasteiger partial charge in [-0.1, -0.05) is 107 Å². The predicted octanol–water partition coefficient (Wildman–Crippen LogP) is 10.5. The molecule has 2 rings (SSSR count). The van der Waals surface area contributed by atoms with Crippen molar-refractivity contribution in [3.63, 3.8) is 0 Å². The Bertz CT molecular complexity index is 694. The highest BCUT2D eigenvalue weighted by Crippen LogP contribution is 2.33. The lowest BCUT2D eigenvalue weighted by Crippen LogP contribution is -2.08. The summed E-state index contributed by atoms with van der Waals surface area (Å²) in [6.07, 6.45) is 19.9. The van der Waals surface area contributed by atoms with Crippen molar-refractivity contribution in [3.05, 3.63) is 70.8 Å². The van der Waals surface area contributed by atoms with E-state index in [9.17, 15) is 0 Å². The number of rotatable bonds is 11. The van der Waals surface area contributed by atoms with Crippen LogP contribution in [0.5, 0.6) is 0 Å². The van der Waals surface area contributed by atoms with Crippen LogP contribution in [0.25, 0.3) is 0 Å². The van der Waals surface area contributed by atoms with Crippen molar-refractivity contribution in [1.29, 1.82) is 0 Å². The molecule has 0 saturated carbocycles. The minimum absolute atomic E-state index is 0.613. The average molecular weight is 437 g/mol. The van der Waals surface area contributed by atoms with Gasteiger partial charge in [0.05, 0.1) is 0 Å². The number of aryl methyl sites for hydroxylation is 1. The molecule has 1 aromatic rings. The first kappa shape index (κ1) is 28.5. The molecule has 32 heavy (non-hydrogen) atoms. The van der Waals surface area contributed by atoms with Crippen molar-refractivity contribution in [2.24, 2.45) is 17.8 Å². The van der Waals surface area contributed by atoms with Crippen molar-refractivity contribution in [2.45, 2.75) is 113 Å². The lowest BCUT2D eigenvalue weighted by molar-refractivity contribution is 0.428. The summed E-state index contributed by atoms with van der Waals surface area (Å²) in [6, 6.07) is 9.52. The second kappa shape index (κ2) is 16.1. The van der Waals surface area contributed by atoms with E-state index < -0.39 is 0 Å². The molecule has 0 bridgehead atoms. The Morgan fingerprint density at radius 2 is 1.56 bits per heavy atom. The first-order valence-electron chi connectivity index (χ1n) is 13.4. The molecule has 1 aliphatic carbocycles. The van der Waals surface area contributed by atoms with Gasteiger partial charge in [0.25, 0.3) is 0 Å². The summed E-state index contributed by atoms with van der Waals surface area (Å²) in [6.45, 7) is 17.7. The van der Waals surface area contributed by atoms with Crippen molar-refractivity contribution >= 4 is 0 Å². The number of benzene rings is 1. The Morgan fingerprint density at radius 3 is 2.12 bits per heavy atom. The Labute approximate surface area is 201 Å². The molecule has 0 heterocycles. The summed E-state index contributed by atoms with van der Waals surface area (Å²) in [5, 5.41) is 0. The third-order valence-corrected chi connectivity index (χ3v) is 6.65. The molecule has 0 N–H and O–H groups in total. The second-order valence-electron chi connectivity index (χ2n) is 10.5. The maximum absolute atomic E-state index is 2.49. The molecule has 180 valence electrons. The van der Waals surface area contributed by atoms with E-state index in [1.165, 1.54) is 73.6 Å². The largest absolute Gasteiger partial charge is 0.0848 e. The van der Waals surface area contributed by atoms with Gasteiger partial charge in [-0.05, 0) is 88.2 Å². The van der Waals surface area contributed by atoms with E-state index >= 15 is 0 Å². The topological polar surface area (TPSA) is 0 Å². The van der Waals surface area contributed by atoms with Crippen LogP contribution in [0.1, 0.15) is 117 Å². The van der Waals surface area contributed by atoms with E-state index in [1.807, 2.05) is 13.8 Å². The summed E-state index contributed by atoms with van der Waals surface area (Å²) >= 11 is 0. The first-order chi connectivity index (χ1) is 15.3. The Morgan fingerprint density at radius 1 is 0.875 bits per heavy atom. The number of hydrogen-bond acceptors (Lipinski definition) is 0. The molecule has 0 radical (unpaired) electrons. The average Bonchev–Trinajstić information content (AvgIpc) is 2.80. The molecule has 0 heteroatoms. The number of hydrogen-bond donors (Lipinski definition) is 0. The molecule has 0 fully saturated rings. The van der Waals surface area contributed by atoms with Crippen LogP contribution in [0.4, 0.5) is 0 Å². The summed E-state index contributed by atoms with van der Waals surface area (Å²) < 4.78 is 0. The van der Waals surface area contributed by atoms with Gasteiger partial charge in [-0.3, -0.25) is 0 Å². The SMILES string of the molecule is CC.CC(C)=C/C=C(\C)CCC1C=CC(c2ccc(CCC(C)CCC(C)C)cc2)CC1. The number of allylic oxidation sites excluding steroid dienone is 6. The van der Waals surface area contributed by atoms with Gasteiger partial charge in [0.1, 0.15) is 0 Å². The molecule has 0 saturated heterocycles.